The van der Waals surface area contributed by atoms with Crippen LogP contribution in [0.4, 0.5) is 11.4 Å². The highest BCUT2D eigenvalue weighted by Gasteiger charge is 2.46. The number of aryl methyl sites for hydroxylation is 1. The van der Waals surface area contributed by atoms with Gasteiger partial charge in [0.2, 0.25) is 5.91 Å². The summed E-state index contributed by atoms with van der Waals surface area (Å²) in [6, 6.07) is 11.4. The molecule has 0 bridgehead atoms. The molecule has 0 saturated heterocycles. The molecular weight excluding hydrogens is 366 g/mol. The summed E-state index contributed by atoms with van der Waals surface area (Å²) >= 11 is 0. The van der Waals surface area contributed by atoms with E-state index in [0.717, 1.165) is 0 Å². The molecule has 144 valence electrons. The Morgan fingerprint density at radius 2 is 1.78 bits per heavy atom. The molecule has 1 aliphatic carbocycles. The molecule has 4 N–H and O–H groups in total. The van der Waals surface area contributed by atoms with Gasteiger partial charge in [0, 0.05) is 11.4 Å². The van der Waals surface area contributed by atoms with Crippen LogP contribution in [0.5, 0.6) is 5.75 Å². The minimum Gasteiger partial charge on any atom is -0.494 e. The zero-order valence-corrected chi connectivity index (χ0v) is 16.1. The van der Waals surface area contributed by atoms with Crippen LogP contribution in [0.3, 0.4) is 0 Å². The van der Waals surface area contributed by atoms with E-state index in [-0.39, 0.29) is 10.8 Å². The van der Waals surface area contributed by atoms with Gasteiger partial charge in [-0.3, -0.25) is 9.52 Å². The monoisotopic (exact) mass is 389 g/mol. The number of carbonyl (C=O) groups is 1. The molecule has 8 heteroatoms. The van der Waals surface area contributed by atoms with Gasteiger partial charge in [0.15, 0.2) is 0 Å². The first-order valence-corrected chi connectivity index (χ1v) is 10.2. The lowest BCUT2D eigenvalue weighted by atomic mass is 10.2. The maximum absolute atomic E-state index is 12.8. The highest BCUT2D eigenvalue weighted by atomic mass is 32.2. The Bertz CT molecular complexity index is 951. The number of anilines is 2. The van der Waals surface area contributed by atoms with Crippen LogP contribution >= 0.6 is 0 Å². The van der Waals surface area contributed by atoms with Gasteiger partial charge in [0.25, 0.3) is 10.0 Å². The number of benzene rings is 2. The Kier molecular flexibility index (Phi) is 5.12. The second-order valence-corrected chi connectivity index (χ2v) is 8.30. The fourth-order valence-corrected chi connectivity index (χ4v) is 3.91. The predicted octanol–water partition coefficient (Wildman–Crippen LogP) is 2.62. The lowest BCUT2D eigenvalue weighted by Crippen LogP contribution is -2.37. The van der Waals surface area contributed by atoms with Crippen molar-refractivity contribution < 1.29 is 17.9 Å². The van der Waals surface area contributed by atoms with Crippen LogP contribution in [0, 0.1) is 6.92 Å². The summed E-state index contributed by atoms with van der Waals surface area (Å²) in [5.41, 5.74) is 6.44. The van der Waals surface area contributed by atoms with Gasteiger partial charge in [-0.25, -0.2) is 8.42 Å². The van der Waals surface area contributed by atoms with Gasteiger partial charge in [-0.05, 0) is 68.7 Å². The molecule has 1 aliphatic rings. The van der Waals surface area contributed by atoms with Gasteiger partial charge in [-0.15, -0.1) is 0 Å². The van der Waals surface area contributed by atoms with Crippen molar-refractivity contribution in [2.75, 3.05) is 16.6 Å². The second-order valence-electron chi connectivity index (χ2n) is 6.65. The summed E-state index contributed by atoms with van der Waals surface area (Å²) in [4.78, 5) is 12.2. The molecule has 27 heavy (non-hydrogen) atoms. The first kappa shape index (κ1) is 19.2. The van der Waals surface area contributed by atoms with Crippen molar-refractivity contribution in [3.8, 4) is 5.75 Å². The summed E-state index contributed by atoms with van der Waals surface area (Å²) in [5.74, 6) is 0.367. The number of nitrogens with one attached hydrogen (secondary N) is 2. The molecule has 2 aromatic rings. The third kappa shape index (κ3) is 4.40. The Labute approximate surface area is 159 Å². The summed E-state index contributed by atoms with van der Waals surface area (Å²) in [5, 5.41) is 2.70. The van der Waals surface area contributed by atoms with Crippen LogP contribution in [-0.2, 0) is 14.8 Å². The lowest BCUT2D eigenvalue weighted by molar-refractivity contribution is -0.118. The van der Waals surface area contributed by atoms with Crippen molar-refractivity contribution in [2.45, 2.75) is 37.1 Å². The Hall–Kier alpha value is -2.58. The number of sulfonamides is 1. The van der Waals surface area contributed by atoms with Crippen molar-refractivity contribution >= 4 is 27.3 Å². The molecule has 0 radical (unpaired) electrons. The minimum absolute atomic E-state index is 0.0936. The van der Waals surface area contributed by atoms with E-state index < -0.39 is 15.6 Å². The molecule has 0 atom stereocenters. The van der Waals surface area contributed by atoms with E-state index in [1.54, 1.807) is 43.3 Å². The number of amides is 1. The van der Waals surface area contributed by atoms with Gasteiger partial charge >= 0.3 is 0 Å². The number of ether oxygens (including phenoxy) is 1. The topological polar surface area (TPSA) is 111 Å². The number of carbonyl (C=O) groups excluding carboxylic acids is 1. The number of rotatable bonds is 7. The van der Waals surface area contributed by atoms with E-state index in [1.807, 2.05) is 6.92 Å². The maximum atomic E-state index is 12.8. The molecule has 0 heterocycles. The highest BCUT2D eigenvalue weighted by Crippen LogP contribution is 2.33. The average Bonchev–Trinajstić information content (AvgIpc) is 3.37. The Morgan fingerprint density at radius 1 is 1.15 bits per heavy atom. The second kappa shape index (κ2) is 7.21. The normalized spacial score (nSPS) is 15.1. The van der Waals surface area contributed by atoms with E-state index in [9.17, 15) is 13.2 Å². The maximum Gasteiger partial charge on any atom is 0.262 e. The van der Waals surface area contributed by atoms with E-state index >= 15 is 0 Å². The van der Waals surface area contributed by atoms with Crippen LogP contribution in [0.2, 0.25) is 0 Å². The van der Waals surface area contributed by atoms with Crippen LogP contribution < -0.4 is 20.5 Å². The standard InChI is InChI=1S/C19H23N3O4S/c1-3-26-16-8-6-14(7-9-16)22-27(24,25)17-12-15(5-4-13(17)2)21-18(23)19(20)10-11-19/h4-9,12,22H,3,10-11,20H2,1-2H3,(H,21,23). The predicted molar refractivity (Wildman–Crippen MR) is 104 cm³/mol. The Morgan fingerprint density at radius 3 is 2.37 bits per heavy atom. The highest BCUT2D eigenvalue weighted by molar-refractivity contribution is 7.92. The molecule has 0 unspecified atom stereocenters. The summed E-state index contributed by atoms with van der Waals surface area (Å²) in [6.07, 6.45) is 1.27. The molecular formula is C19H23N3O4S. The van der Waals surface area contributed by atoms with Crippen LogP contribution in [-0.4, -0.2) is 26.5 Å². The van der Waals surface area contributed by atoms with E-state index in [4.69, 9.17) is 10.5 Å². The third-order valence-electron chi connectivity index (χ3n) is 4.39. The summed E-state index contributed by atoms with van der Waals surface area (Å²) in [7, 11) is -3.82. The summed E-state index contributed by atoms with van der Waals surface area (Å²) < 4.78 is 33.5. The van der Waals surface area contributed by atoms with Gasteiger partial charge in [0.1, 0.15) is 5.75 Å². The van der Waals surface area contributed by atoms with E-state index in [1.165, 1.54) is 6.07 Å². The molecule has 1 amide bonds. The quantitative estimate of drug-likeness (QED) is 0.674. The third-order valence-corrected chi connectivity index (χ3v) is 5.92. The fraction of sp³-hybridized carbons (Fsp3) is 0.316. The van der Waals surface area contributed by atoms with Crippen molar-refractivity contribution in [3.63, 3.8) is 0 Å². The van der Waals surface area contributed by atoms with Crippen LogP contribution in [0.1, 0.15) is 25.3 Å². The van der Waals surface area contributed by atoms with Gasteiger partial charge < -0.3 is 15.8 Å². The smallest absolute Gasteiger partial charge is 0.262 e. The van der Waals surface area contributed by atoms with Crippen LogP contribution in [0.25, 0.3) is 0 Å². The fourth-order valence-electron chi connectivity index (χ4n) is 2.58. The van der Waals surface area contributed by atoms with Crippen molar-refractivity contribution in [1.29, 1.82) is 0 Å². The molecule has 0 spiro atoms. The largest absolute Gasteiger partial charge is 0.494 e. The summed E-state index contributed by atoms with van der Waals surface area (Å²) in [6.45, 7) is 4.11. The average molecular weight is 389 g/mol. The van der Waals surface area contributed by atoms with Gasteiger partial charge in [-0.2, -0.15) is 0 Å². The number of nitrogens with two attached hydrogens (primary N) is 1. The van der Waals surface area contributed by atoms with Gasteiger partial charge in [-0.1, -0.05) is 6.07 Å². The first-order chi connectivity index (χ1) is 12.7. The van der Waals surface area contributed by atoms with Crippen molar-refractivity contribution in [2.24, 2.45) is 5.73 Å². The number of hydrogen-bond acceptors (Lipinski definition) is 5. The van der Waals surface area contributed by atoms with Crippen LogP contribution in [0.15, 0.2) is 47.4 Å². The molecule has 1 fully saturated rings. The Balaban J connectivity index is 1.80. The SMILES string of the molecule is CCOc1ccc(NS(=O)(=O)c2cc(NC(=O)C3(N)CC3)ccc2C)cc1. The minimum atomic E-state index is -3.82. The first-order valence-electron chi connectivity index (χ1n) is 8.70. The van der Waals surface area contributed by atoms with E-state index in [2.05, 4.69) is 10.0 Å². The zero-order valence-electron chi connectivity index (χ0n) is 15.3. The van der Waals surface area contributed by atoms with Crippen molar-refractivity contribution in [1.82, 2.24) is 0 Å². The molecule has 0 aliphatic heterocycles. The van der Waals surface area contributed by atoms with Crippen molar-refractivity contribution in [3.05, 3.63) is 48.0 Å². The molecule has 3 rings (SSSR count). The molecule has 7 nitrogen and oxygen atoms in total. The molecule has 2 aromatic carbocycles. The van der Waals surface area contributed by atoms with Gasteiger partial charge in [0.05, 0.1) is 17.0 Å². The molecule has 0 aromatic heterocycles. The van der Waals surface area contributed by atoms with E-state index in [0.29, 0.717) is 42.1 Å². The number of hydrogen-bond donors (Lipinski definition) is 3. The zero-order chi connectivity index (χ0) is 19.7. The lowest BCUT2D eigenvalue weighted by Gasteiger charge is -2.14. The molecule has 1 saturated carbocycles.